The Balaban J connectivity index is 2.94. The number of nitro benzene ring substituents is 1. The van der Waals surface area contributed by atoms with E-state index in [1.807, 2.05) is 0 Å². The van der Waals surface area contributed by atoms with Crippen LogP contribution in [0.3, 0.4) is 0 Å². The van der Waals surface area contributed by atoms with Gasteiger partial charge < -0.3 is 0 Å². The number of aliphatic carboxylic acids is 1. The Kier molecular flexibility index (Phi) is 6.41. The van der Waals surface area contributed by atoms with Crippen molar-refractivity contribution in [2.24, 2.45) is 5.73 Å². The van der Waals surface area contributed by atoms with Crippen molar-refractivity contribution in [1.82, 2.24) is 0 Å². The topological polar surface area (TPSA) is 125 Å². The monoisotopic (exact) mass is 364 g/mol. The zero-order valence-electron chi connectivity index (χ0n) is 11.6. The van der Waals surface area contributed by atoms with Crippen molar-refractivity contribution in [3.05, 3.63) is 27.8 Å². The zero-order valence-corrected chi connectivity index (χ0v) is 13.3. The molecule has 0 heterocycles. The van der Waals surface area contributed by atoms with E-state index in [0.29, 0.717) is 22.0 Å². The van der Waals surface area contributed by atoms with E-state index in [0.717, 1.165) is 0 Å². The molecule has 0 bridgehead atoms. The second kappa shape index (κ2) is 7.82. The maximum atomic E-state index is 11.1. The number of carboxylic acids is 1. The molecule has 0 aliphatic rings. The number of nitrogens with two attached hydrogens (primary N) is 1. The predicted molar refractivity (Wildman–Crippen MR) is 76.1 cm³/mol. The molecule has 0 aromatic heterocycles. The standard InChI is InChI=1S/C12H16N2O6Se/c1-19-10-3-7(5-21-6-8(13)12(15)16)9(14(17)18)4-11(10)20-2/h3-4,8H,5-6,13H2,1-2H3,(H,15,16)/t8-/m0/s1. The normalized spacial score (nSPS) is 11.8. The SMILES string of the molecule is COc1cc(C[Se]C[C@H](N)C(=O)O)c([N+](=O)[O-])cc1OC. The molecule has 1 atom stereocenters. The molecule has 8 nitrogen and oxygen atoms in total. The summed E-state index contributed by atoms with van der Waals surface area (Å²) in [7, 11) is 2.84. The van der Waals surface area contributed by atoms with Crippen LogP contribution in [0.5, 0.6) is 11.5 Å². The number of carboxylic acid groups (broad SMARTS) is 1. The molecule has 21 heavy (non-hydrogen) atoms. The molecule has 116 valence electrons. The summed E-state index contributed by atoms with van der Waals surface area (Å²) in [5, 5.41) is 20.5. The Bertz CT molecular complexity index is 537. The van der Waals surface area contributed by atoms with E-state index in [1.165, 1.54) is 20.3 Å². The summed E-state index contributed by atoms with van der Waals surface area (Å²) in [6.45, 7) is 0. The van der Waals surface area contributed by atoms with Gasteiger partial charge in [0.15, 0.2) is 0 Å². The molecule has 0 aliphatic carbocycles. The number of hydrogen-bond acceptors (Lipinski definition) is 6. The van der Waals surface area contributed by atoms with Crippen LogP contribution in [0.15, 0.2) is 12.1 Å². The van der Waals surface area contributed by atoms with Gasteiger partial charge in [0.05, 0.1) is 0 Å². The van der Waals surface area contributed by atoms with Crippen molar-refractivity contribution < 1.29 is 24.3 Å². The van der Waals surface area contributed by atoms with Gasteiger partial charge in [0.25, 0.3) is 0 Å². The van der Waals surface area contributed by atoms with Crippen molar-refractivity contribution in [2.75, 3.05) is 14.2 Å². The van der Waals surface area contributed by atoms with Gasteiger partial charge in [-0.05, 0) is 0 Å². The van der Waals surface area contributed by atoms with Crippen molar-refractivity contribution in [3.63, 3.8) is 0 Å². The Hall–Kier alpha value is -1.83. The molecule has 3 N–H and O–H groups in total. The van der Waals surface area contributed by atoms with Crippen LogP contribution in [0.25, 0.3) is 0 Å². The van der Waals surface area contributed by atoms with Gasteiger partial charge in [-0.15, -0.1) is 0 Å². The van der Waals surface area contributed by atoms with Crippen LogP contribution in [-0.4, -0.2) is 51.2 Å². The fourth-order valence-corrected chi connectivity index (χ4v) is 3.59. The van der Waals surface area contributed by atoms with E-state index in [1.54, 1.807) is 6.07 Å². The van der Waals surface area contributed by atoms with Crippen molar-refractivity contribution in [1.29, 1.82) is 0 Å². The second-order valence-electron chi connectivity index (χ2n) is 4.05. The quantitative estimate of drug-likeness (QED) is 0.395. The Morgan fingerprint density at radius 3 is 2.48 bits per heavy atom. The van der Waals surface area contributed by atoms with E-state index in [2.05, 4.69) is 0 Å². The molecule has 0 saturated carbocycles. The Labute approximate surface area is 127 Å². The van der Waals surface area contributed by atoms with E-state index in [9.17, 15) is 14.9 Å². The van der Waals surface area contributed by atoms with Crippen molar-refractivity contribution >= 4 is 26.6 Å². The van der Waals surface area contributed by atoms with Crippen molar-refractivity contribution in [3.8, 4) is 11.5 Å². The molecule has 0 unspecified atom stereocenters. The van der Waals surface area contributed by atoms with Gasteiger partial charge in [-0.1, -0.05) is 0 Å². The summed E-state index contributed by atoms with van der Waals surface area (Å²) < 4.78 is 10.2. The molecule has 0 amide bonds. The molecule has 0 radical (unpaired) electrons. The number of hydrogen-bond donors (Lipinski definition) is 2. The summed E-state index contributed by atoms with van der Waals surface area (Å²) in [4.78, 5) is 21.2. The first kappa shape index (κ1) is 17.2. The molecule has 1 aromatic carbocycles. The van der Waals surface area contributed by atoms with Crippen LogP contribution < -0.4 is 15.2 Å². The van der Waals surface area contributed by atoms with E-state index in [4.69, 9.17) is 20.3 Å². The third kappa shape index (κ3) is 4.59. The van der Waals surface area contributed by atoms with Crippen LogP contribution in [0.2, 0.25) is 5.32 Å². The molecular weight excluding hydrogens is 347 g/mol. The molecule has 0 fully saturated rings. The van der Waals surface area contributed by atoms with Gasteiger partial charge in [-0.3, -0.25) is 0 Å². The number of nitrogens with zero attached hydrogens (tertiary/aromatic N) is 1. The number of nitro groups is 1. The number of rotatable bonds is 8. The van der Waals surface area contributed by atoms with Gasteiger partial charge in [0.2, 0.25) is 0 Å². The van der Waals surface area contributed by atoms with Crippen molar-refractivity contribution in [2.45, 2.75) is 16.7 Å². The van der Waals surface area contributed by atoms with Gasteiger partial charge in [0.1, 0.15) is 0 Å². The molecule has 9 heteroatoms. The Morgan fingerprint density at radius 2 is 2.00 bits per heavy atom. The van der Waals surface area contributed by atoms with Crippen LogP contribution in [0.4, 0.5) is 5.69 Å². The number of benzene rings is 1. The van der Waals surface area contributed by atoms with Gasteiger partial charge in [0, 0.05) is 0 Å². The molecule has 1 aromatic rings. The Morgan fingerprint density at radius 1 is 1.43 bits per heavy atom. The van der Waals surface area contributed by atoms with E-state index in [-0.39, 0.29) is 26.4 Å². The van der Waals surface area contributed by atoms with E-state index >= 15 is 0 Å². The summed E-state index contributed by atoms with van der Waals surface area (Å²) in [5.41, 5.74) is 5.83. The molecule has 0 saturated heterocycles. The first-order valence-electron chi connectivity index (χ1n) is 5.86. The molecule has 1 rings (SSSR count). The molecule has 0 aliphatic heterocycles. The average molecular weight is 363 g/mol. The molecule has 0 spiro atoms. The molecular formula is C12H16N2O6Se. The summed E-state index contributed by atoms with van der Waals surface area (Å²) >= 11 is -0.165. The first-order chi connectivity index (χ1) is 9.90. The number of methoxy groups -OCH3 is 2. The number of ether oxygens (including phenoxy) is 2. The number of carbonyl (C=O) groups is 1. The van der Waals surface area contributed by atoms with Gasteiger partial charge >= 0.3 is 127 Å². The summed E-state index contributed by atoms with van der Waals surface area (Å²) in [6.07, 6.45) is 0. The van der Waals surface area contributed by atoms with Gasteiger partial charge in [-0.2, -0.15) is 0 Å². The minimum atomic E-state index is -1.07. The zero-order chi connectivity index (χ0) is 16.0. The first-order valence-corrected chi connectivity index (χ1v) is 8.28. The van der Waals surface area contributed by atoms with Gasteiger partial charge in [-0.25, -0.2) is 0 Å². The fraction of sp³-hybridized carbons (Fsp3) is 0.417. The average Bonchev–Trinajstić information content (AvgIpc) is 2.45. The summed E-state index contributed by atoms with van der Waals surface area (Å²) in [5.74, 6) is -0.391. The van der Waals surface area contributed by atoms with Crippen LogP contribution in [0, 0.1) is 10.1 Å². The third-order valence-electron chi connectivity index (χ3n) is 2.65. The fourth-order valence-electron chi connectivity index (χ4n) is 1.56. The van der Waals surface area contributed by atoms with Crippen LogP contribution >= 0.6 is 0 Å². The van der Waals surface area contributed by atoms with Crippen LogP contribution in [0.1, 0.15) is 5.56 Å². The third-order valence-corrected chi connectivity index (χ3v) is 4.98. The summed E-state index contributed by atoms with van der Waals surface area (Å²) in [6, 6.07) is 1.91. The maximum absolute atomic E-state index is 11.1. The second-order valence-corrected chi connectivity index (χ2v) is 6.21. The van der Waals surface area contributed by atoms with E-state index < -0.39 is 16.9 Å². The predicted octanol–water partition coefficient (Wildman–Crippen LogP) is 0.646. The van der Waals surface area contributed by atoms with Crippen LogP contribution in [-0.2, 0) is 10.1 Å². The minimum absolute atomic E-state index is 0.0709.